The molecule has 0 aromatic heterocycles. The van der Waals surface area contributed by atoms with E-state index in [0.717, 1.165) is 12.1 Å². The lowest BCUT2D eigenvalue weighted by atomic mass is 9.84. The average molecular weight is 473 g/mol. The molecule has 2 saturated heterocycles. The number of carbonyl (C=O) groups excluding carboxylic acids is 1. The normalized spacial score (nSPS) is 23.2. The third-order valence-electron chi connectivity index (χ3n) is 6.85. The number of benzene rings is 1. The lowest BCUT2D eigenvalue weighted by Crippen LogP contribution is -2.51. The third-order valence-corrected chi connectivity index (χ3v) is 6.85. The molecule has 3 rings (SSSR count). The predicted molar refractivity (Wildman–Crippen MR) is 116 cm³/mol. The summed E-state index contributed by atoms with van der Waals surface area (Å²) in [6.07, 6.45) is -3.62. The van der Waals surface area contributed by atoms with E-state index in [9.17, 15) is 22.8 Å². The van der Waals surface area contributed by atoms with Crippen LogP contribution in [0.5, 0.6) is 0 Å². The van der Waals surface area contributed by atoms with Gasteiger partial charge in [0.15, 0.2) is 0 Å². The largest absolute Gasteiger partial charge is 0.481 e. The first-order valence-corrected chi connectivity index (χ1v) is 11.4. The van der Waals surface area contributed by atoms with Gasteiger partial charge in [0.1, 0.15) is 0 Å². The van der Waals surface area contributed by atoms with E-state index < -0.39 is 29.3 Å². The average Bonchev–Trinajstić information content (AvgIpc) is 3.15. The lowest BCUT2D eigenvalue weighted by Gasteiger charge is -2.37. The Bertz CT molecular complexity index is 889. The number of halogens is 4. The molecule has 1 amide bonds. The van der Waals surface area contributed by atoms with E-state index in [4.69, 9.17) is 5.11 Å². The fourth-order valence-corrected chi connectivity index (χ4v) is 4.84. The minimum absolute atomic E-state index is 0.00393. The molecule has 184 valence electrons. The van der Waals surface area contributed by atoms with Crippen molar-refractivity contribution in [3.8, 4) is 0 Å². The topological polar surface area (TPSA) is 60.9 Å². The van der Waals surface area contributed by atoms with Gasteiger partial charge < -0.3 is 10.0 Å². The van der Waals surface area contributed by atoms with Crippen molar-refractivity contribution in [3.05, 3.63) is 34.9 Å². The molecule has 2 heterocycles. The van der Waals surface area contributed by atoms with Crippen molar-refractivity contribution < 1.29 is 32.3 Å². The molecule has 1 aromatic rings. The molecule has 0 aliphatic carbocycles. The Morgan fingerprint density at radius 3 is 2.27 bits per heavy atom. The second-order valence-corrected chi connectivity index (χ2v) is 10.2. The molecule has 2 fully saturated rings. The van der Waals surface area contributed by atoms with Crippen LogP contribution in [-0.4, -0.2) is 64.2 Å². The maximum absolute atomic E-state index is 15.5. The zero-order chi connectivity index (χ0) is 24.6. The van der Waals surface area contributed by atoms with Gasteiger partial charge in [0.25, 0.3) is 5.91 Å². The summed E-state index contributed by atoms with van der Waals surface area (Å²) in [5.41, 5.74) is -1.89. The fraction of sp³-hybridized carbons (Fsp3) is 0.667. The number of rotatable bonds is 5. The summed E-state index contributed by atoms with van der Waals surface area (Å²) in [6, 6.07) is 3.48. The Morgan fingerprint density at radius 2 is 1.76 bits per heavy atom. The number of hydrogen-bond acceptors (Lipinski definition) is 3. The molecule has 1 N–H and O–H groups in total. The van der Waals surface area contributed by atoms with Gasteiger partial charge in [0, 0.05) is 44.6 Å². The summed E-state index contributed by atoms with van der Waals surface area (Å²) < 4.78 is 55.0. The maximum atomic E-state index is 15.5. The number of alkyl halides is 4. The first-order chi connectivity index (χ1) is 15.2. The molecule has 0 saturated carbocycles. The van der Waals surface area contributed by atoms with Crippen LogP contribution in [0.3, 0.4) is 0 Å². The highest BCUT2D eigenvalue weighted by molar-refractivity contribution is 5.86. The fourth-order valence-electron chi connectivity index (χ4n) is 4.84. The number of carboxylic acids is 1. The summed E-state index contributed by atoms with van der Waals surface area (Å²) in [5.74, 6) is -1.69. The molecule has 0 bridgehead atoms. The van der Waals surface area contributed by atoms with Crippen molar-refractivity contribution in [2.24, 2.45) is 0 Å². The lowest BCUT2D eigenvalue weighted by molar-refractivity contribution is -0.144. The smallest absolute Gasteiger partial charge is 0.416 e. The van der Waals surface area contributed by atoms with E-state index in [-0.39, 0.29) is 37.3 Å². The second-order valence-electron chi connectivity index (χ2n) is 10.2. The zero-order valence-corrected chi connectivity index (χ0v) is 19.3. The van der Waals surface area contributed by atoms with E-state index >= 15 is 4.39 Å². The quantitative estimate of drug-likeness (QED) is 0.635. The van der Waals surface area contributed by atoms with Crippen LogP contribution in [0.2, 0.25) is 0 Å². The third kappa shape index (κ3) is 5.86. The Kier molecular flexibility index (Phi) is 7.13. The molecule has 0 radical (unpaired) electrons. The Balaban J connectivity index is 1.70. The van der Waals surface area contributed by atoms with E-state index in [1.54, 1.807) is 0 Å². The van der Waals surface area contributed by atoms with Crippen molar-refractivity contribution in [2.45, 2.75) is 76.2 Å². The van der Waals surface area contributed by atoms with Gasteiger partial charge in [0.05, 0.1) is 5.56 Å². The van der Waals surface area contributed by atoms with Crippen LogP contribution >= 0.6 is 0 Å². The van der Waals surface area contributed by atoms with Gasteiger partial charge in [-0.25, -0.2) is 4.39 Å². The summed E-state index contributed by atoms with van der Waals surface area (Å²) in [5, 5.41) is 8.99. The minimum atomic E-state index is -4.51. The van der Waals surface area contributed by atoms with Gasteiger partial charge in [-0.05, 0) is 69.2 Å². The zero-order valence-electron chi connectivity index (χ0n) is 19.3. The van der Waals surface area contributed by atoms with Crippen LogP contribution < -0.4 is 0 Å². The van der Waals surface area contributed by atoms with Crippen molar-refractivity contribution >= 4 is 11.9 Å². The second kappa shape index (κ2) is 9.24. The number of hydrogen-bond donors (Lipinski definition) is 1. The highest BCUT2D eigenvalue weighted by Gasteiger charge is 2.49. The first kappa shape index (κ1) is 25.5. The van der Waals surface area contributed by atoms with Crippen LogP contribution in [0.1, 0.15) is 69.1 Å². The SMILES string of the molecule is CC(C)(C)N1CC[C@](F)(C(=O)N2CCC(c3ccc(C(F)(F)F)cc3CCC(=O)O)CC2)C1. The van der Waals surface area contributed by atoms with Crippen LogP contribution in [-0.2, 0) is 22.2 Å². The number of piperidine rings is 1. The number of aryl methyl sites for hydroxylation is 1. The Morgan fingerprint density at radius 1 is 1.12 bits per heavy atom. The summed E-state index contributed by atoms with van der Waals surface area (Å²) in [4.78, 5) is 27.5. The maximum Gasteiger partial charge on any atom is 0.416 e. The Labute approximate surface area is 191 Å². The predicted octanol–water partition coefficient (Wildman–Crippen LogP) is 4.64. The van der Waals surface area contributed by atoms with E-state index in [2.05, 4.69) is 0 Å². The summed E-state index contributed by atoms with van der Waals surface area (Å²) in [6.45, 7) is 7.19. The first-order valence-electron chi connectivity index (χ1n) is 11.4. The van der Waals surface area contributed by atoms with Crippen LogP contribution in [0.4, 0.5) is 17.6 Å². The number of carboxylic acid groups (broad SMARTS) is 1. The van der Waals surface area contributed by atoms with Gasteiger partial charge >= 0.3 is 12.1 Å². The molecular formula is C24H32F4N2O3. The van der Waals surface area contributed by atoms with Gasteiger partial charge in [-0.2, -0.15) is 13.2 Å². The molecule has 0 spiro atoms. The number of carbonyl (C=O) groups is 2. The number of amides is 1. The monoisotopic (exact) mass is 472 g/mol. The number of likely N-dealkylation sites (tertiary alicyclic amines) is 2. The van der Waals surface area contributed by atoms with Crippen molar-refractivity contribution in [1.29, 1.82) is 0 Å². The summed E-state index contributed by atoms with van der Waals surface area (Å²) in [7, 11) is 0. The standard InChI is InChI=1S/C24H32F4N2O3/c1-22(2,3)30-13-10-23(25,15-30)21(33)29-11-8-16(9-12-29)19-6-5-18(24(26,27)28)14-17(19)4-7-20(31)32/h5-6,14,16H,4,7-13,15H2,1-3H3,(H,31,32)/t23-/m1/s1. The molecule has 2 aliphatic rings. The highest BCUT2D eigenvalue weighted by atomic mass is 19.4. The van der Waals surface area contributed by atoms with Crippen molar-refractivity contribution in [2.75, 3.05) is 26.2 Å². The molecular weight excluding hydrogens is 440 g/mol. The molecule has 2 aliphatic heterocycles. The van der Waals surface area contributed by atoms with Crippen molar-refractivity contribution in [1.82, 2.24) is 9.80 Å². The van der Waals surface area contributed by atoms with Crippen LogP contribution in [0.25, 0.3) is 0 Å². The van der Waals surface area contributed by atoms with Crippen molar-refractivity contribution in [3.63, 3.8) is 0 Å². The number of nitrogens with zero attached hydrogens (tertiary/aromatic N) is 2. The van der Waals surface area contributed by atoms with Crippen LogP contribution in [0, 0.1) is 0 Å². The molecule has 0 unspecified atom stereocenters. The van der Waals surface area contributed by atoms with Gasteiger partial charge in [-0.1, -0.05) is 6.07 Å². The van der Waals surface area contributed by atoms with Crippen LogP contribution in [0.15, 0.2) is 18.2 Å². The van der Waals surface area contributed by atoms with Gasteiger partial charge in [0.2, 0.25) is 5.67 Å². The number of aliphatic carboxylic acids is 1. The van der Waals surface area contributed by atoms with E-state index in [0.29, 0.717) is 43.6 Å². The highest BCUT2D eigenvalue weighted by Crippen LogP contribution is 2.38. The minimum Gasteiger partial charge on any atom is -0.481 e. The molecule has 1 atom stereocenters. The molecule has 33 heavy (non-hydrogen) atoms. The Hall–Kier alpha value is -2.16. The van der Waals surface area contributed by atoms with Gasteiger partial charge in [-0.15, -0.1) is 0 Å². The van der Waals surface area contributed by atoms with E-state index in [1.807, 2.05) is 25.7 Å². The van der Waals surface area contributed by atoms with E-state index in [1.165, 1.54) is 11.0 Å². The molecule has 5 nitrogen and oxygen atoms in total. The molecule has 9 heteroatoms. The molecule has 1 aromatic carbocycles. The van der Waals surface area contributed by atoms with Gasteiger partial charge in [-0.3, -0.25) is 14.5 Å². The summed E-state index contributed by atoms with van der Waals surface area (Å²) >= 11 is 0.